The lowest BCUT2D eigenvalue weighted by Gasteiger charge is -2.33. The van der Waals surface area contributed by atoms with Gasteiger partial charge in [-0.05, 0) is 82.7 Å². The largest absolute Gasteiger partial charge is 0.350 e. The van der Waals surface area contributed by atoms with Crippen molar-refractivity contribution in [2.24, 2.45) is 0 Å². The molecule has 1 atom stereocenters. The molecule has 2 amide bonds. The molecule has 1 unspecified atom stereocenters. The van der Waals surface area contributed by atoms with E-state index in [0.717, 1.165) is 22.3 Å². The van der Waals surface area contributed by atoms with E-state index >= 15 is 0 Å². The minimum Gasteiger partial charge on any atom is -0.350 e. The Bertz CT molecular complexity index is 1200. The summed E-state index contributed by atoms with van der Waals surface area (Å²) < 4.78 is 26.6. The minimum absolute atomic E-state index is 0.127. The summed E-state index contributed by atoms with van der Waals surface area (Å²) in [5, 5.41) is 3.01. The lowest BCUT2D eigenvalue weighted by atomic mass is 10.0. The molecule has 7 nitrogen and oxygen atoms in total. The molecule has 0 aromatic heterocycles. The zero-order valence-electron chi connectivity index (χ0n) is 23.6. The van der Waals surface area contributed by atoms with E-state index in [9.17, 15) is 18.0 Å². The van der Waals surface area contributed by atoms with Crippen LogP contribution in [0.2, 0.25) is 0 Å². The number of hydrogen-bond acceptors (Lipinski definition) is 4. The molecule has 2 rings (SSSR count). The monoisotopic (exact) mass is 529 g/mol. The number of hydrogen-bond donors (Lipinski definition) is 1. The molecule has 0 aliphatic rings. The summed E-state index contributed by atoms with van der Waals surface area (Å²) in [6.45, 7) is 14.0. The number of sulfonamides is 1. The van der Waals surface area contributed by atoms with E-state index in [-0.39, 0.29) is 24.8 Å². The van der Waals surface area contributed by atoms with Crippen LogP contribution < -0.4 is 9.62 Å². The molecule has 0 radical (unpaired) electrons. The summed E-state index contributed by atoms with van der Waals surface area (Å²) in [7, 11) is -3.54. The SMILES string of the molecule is CCC(C(=O)NC(C)(C)C)N(Cc1ccccc1C)C(=O)CCCN(c1cccc(C)c1C)S(C)(=O)=O. The third kappa shape index (κ3) is 8.59. The molecule has 0 heterocycles. The van der Waals surface area contributed by atoms with Gasteiger partial charge in [0.15, 0.2) is 0 Å². The molecule has 0 bridgehead atoms. The van der Waals surface area contributed by atoms with Gasteiger partial charge in [0.05, 0.1) is 11.9 Å². The first kappa shape index (κ1) is 30.4. The van der Waals surface area contributed by atoms with Crippen LogP contribution >= 0.6 is 0 Å². The predicted octanol–water partition coefficient (Wildman–Crippen LogP) is 4.88. The summed E-state index contributed by atoms with van der Waals surface area (Å²) in [6, 6.07) is 12.8. The van der Waals surface area contributed by atoms with Crippen molar-refractivity contribution < 1.29 is 18.0 Å². The highest BCUT2D eigenvalue weighted by molar-refractivity contribution is 7.92. The minimum atomic E-state index is -3.54. The fourth-order valence-electron chi connectivity index (χ4n) is 4.33. The van der Waals surface area contributed by atoms with E-state index in [1.165, 1.54) is 10.6 Å². The lowest BCUT2D eigenvalue weighted by Crippen LogP contribution is -2.53. The van der Waals surface area contributed by atoms with Crippen molar-refractivity contribution in [2.75, 3.05) is 17.1 Å². The second-order valence-corrected chi connectivity index (χ2v) is 12.7. The number of nitrogens with zero attached hydrogens (tertiary/aromatic N) is 2. The van der Waals surface area contributed by atoms with Gasteiger partial charge in [0.1, 0.15) is 6.04 Å². The van der Waals surface area contributed by atoms with Gasteiger partial charge in [-0.15, -0.1) is 0 Å². The van der Waals surface area contributed by atoms with Crippen molar-refractivity contribution in [1.29, 1.82) is 0 Å². The molecule has 0 saturated heterocycles. The van der Waals surface area contributed by atoms with Crippen LogP contribution in [0.3, 0.4) is 0 Å². The van der Waals surface area contributed by atoms with Crippen molar-refractivity contribution in [3.05, 3.63) is 64.7 Å². The molecule has 37 heavy (non-hydrogen) atoms. The van der Waals surface area contributed by atoms with Crippen LogP contribution in [0.25, 0.3) is 0 Å². The smallest absolute Gasteiger partial charge is 0.243 e. The molecule has 2 aromatic rings. The standard InChI is InChI=1S/C29H43N3O4S/c1-9-25(28(34)30-29(5,6)7)31(20-24-16-11-10-14-22(24)3)27(33)18-13-19-32(37(8,35)36)26-17-12-15-21(2)23(26)4/h10-12,14-17,25H,9,13,18-20H2,1-8H3,(H,30,34). The van der Waals surface area contributed by atoms with Gasteiger partial charge in [0, 0.05) is 25.0 Å². The highest BCUT2D eigenvalue weighted by atomic mass is 32.2. The Morgan fingerprint density at radius 1 is 0.973 bits per heavy atom. The average molecular weight is 530 g/mol. The molecule has 0 aliphatic heterocycles. The third-order valence-corrected chi connectivity index (χ3v) is 7.66. The van der Waals surface area contributed by atoms with Gasteiger partial charge >= 0.3 is 0 Å². The van der Waals surface area contributed by atoms with E-state index in [1.807, 2.05) is 84.9 Å². The second-order valence-electron chi connectivity index (χ2n) is 10.8. The Balaban J connectivity index is 2.29. The molecule has 204 valence electrons. The zero-order valence-corrected chi connectivity index (χ0v) is 24.4. The van der Waals surface area contributed by atoms with E-state index in [1.54, 1.807) is 11.0 Å². The van der Waals surface area contributed by atoms with Crippen LogP contribution in [0.5, 0.6) is 0 Å². The molecule has 0 fully saturated rings. The highest BCUT2D eigenvalue weighted by Gasteiger charge is 2.31. The van der Waals surface area contributed by atoms with Crippen molar-refractivity contribution in [3.63, 3.8) is 0 Å². The number of carbonyl (C=O) groups excluding carboxylic acids is 2. The van der Waals surface area contributed by atoms with Gasteiger partial charge in [0.25, 0.3) is 0 Å². The van der Waals surface area contributed by atoms with Crippen molar-refractivity contribution in [1.82, 2.24) is 10.2 Å². The normalized spacial score (nSPS) is 12.6. The van der Waals surface area contributed by atoms with Gasteiger partial charge < -0.3 is 10.2 Å². The number of amides is 2. The second kappa shape index (κ2) is 12.6. The summed E-state index contributed by atoms with van der Waals surface area (Å²) in [4.78, 5) is 28.4. The Morgan fingerprint density at radius 3 is 2.16 bits per heavy atom. The molecule has 8 heteroatoms. The van der Waals surface area contributed by atoms with Crippen molar-refractivity contribution in [2.45, 2.75) is 85.9 Å². The number of anilines is 1. The van der Waals surface area contributed by atoms with E-state index in [2.05, 4.69) is 5.32 Å². The Hall–Kier alpha value is -2.87. The molecule has 0 saturated carbocycles. The molecule has 1 N–H and O–H groups in total. The van der Waals surface area contributed by atoms with Crippen molar-refractivity contribution in [3.8, 4) is 0 Å². The molecule has 0 spiro atoms. The van der Waals surface area contributed by atoms with Crippen molar-refractivity contribution >= 4 is 27.5 Å². The molecule has 2 aromatic carbocycles. The number of nitrogens with one attached hydrogen (secondary N) is 1. The maximum Gasteiger partial charge on any atom is 0.243 e. The van der Waals surface area contributed by atoms with E-state index < -0.39 is 21.6 Å². The quantitative estimate of drug-likeness (QED) is 0.449. The highest BCUT2D eigenvalue weighted by Crippen LogP contribution is 2.26. The van der Waals surface area contributed by atoms with Crippen LogP contribution in [0.4, 0.5) is 5.69 Å². The number of aryl methyl sites for hydroxylation is 2. The van der Waals surface area contributed by atoms with Gasteiger partial charge in [0.2, 0.25) is 21.8 Å². The van der Waals surface area contributed by atoms with Crippen LogP contribution in [0, 0.1) is 20.8 Å². The fraction of sp³-hybridized carbons (Fsp3) is 0.517. The molecular weight excluding hydrogens is 486 g/mol. The maximum absolute atomic E-state index is 13.6. The third-order valence-electron chi connectivity index (χ3n) is 6.48. The van der Waals surface area contributed by atoms with Gasteiger partial charge in [-0.1, -0.05) is 43.3 Å². The summed E-state index contributed by atoms with van der Waals surface area (Å²) >= 11 is 0. The number of benzene rings is 2. The summed E-state index contributed by atoms with van der Waals surface area (Å²) in [6.07, 6.45) is 2.12. The van der Waals surface area contributed by atoms with Crippen LogP contribution in [0.15, 0.2) is 42.5 Å². The summed E-state index contributed by atoms with van der Waals surface area (Å²) in [5.74, 6) is -0.362. The maximum atomic E-state index is 13.6. The lowest BCUT2D eigenvalue weighted by molar-refractivity contribution is -0.142. The Kier molecular flexibility index (Phi) is 10.3. The van der Waals surface area contributed by atoms with Gasteiger partial charge in [-0.2, -0.15) is 0 Å². The van der Waals surface area contributed by atoms with E-state index in [4.69, 9.17) is 0 Å². The first-order valence-corrected chi connectivity index (χ1v) is 14.7. The zero-order chi connectivity index (χ0) is 28.0. The fourth-order valence-corrected chi connectivity index (χ4v) is 5.35. The first-order chi connectivity index (χ1) is 17.2. The average Bonchev–Trinajstić information content (AvgIpc) is 2.78. The van der Waals surface area contributed by atoms with Crippen LogP contribution in [-0.2, 0) is 26.2 Å². The Labute approximate surface area is 223 Å². The topological polar surface area (TPSA) is 86.8 Å². The summed E-state index contributed by atoms with van der Waals surface area (Å²) in [5.41, 5.74) is 4.12. The van der Waals surface area contributed by atoms with Crippen LogP contribution in [-0.4, -0.2) is 49.5 Å². The molecule has 0 aliphatic carbocycles. The predicted molar refractivity (Wildman–Crippen MR) is 151 cm³/mol. The Morgan fingerprint density at radius 2 is 1.59 bits per heavy atom. The van der Waals surface area contributed by atoms with Gasteiger partial charge in [-0.3, -0.25) is 13.9 Å². The molecular formula is C29H43N3O4S. The number of rotatable bonds is 11. The van der Waals surface area contributed by atoms with Crippen LogP contribution in [0.1, 0.15) is 69.2 Å². The van der Waals surface area contributed by atoms with Gasteiger partial charge in [-0.25, -0.2) is 8.42 Å². The van der Waals surface area contributed by atoms with E-state index in [0.29, 0.717) is 25.1 Å². The first-order valence-electron chi connectivity index (χ1n) is 12.9. The number of carbonyl (C=O) groups is 2.